The molecule has 0 heterocycles. The molecule has 0 unspecified atom stereocenters. The molecule has 0 aromatic heterocycles. The Balaban J connectivity index is 1.71. The summed E-state index contributed by atoms with van der Waals surface area (Å²) in [5.41, 5.74) is 1.48. The van der Waals surface area contributed by atoms with Crippen LogP contribution in [0.5, 0.6) is 0 Å². The molecule has 2 amide bonds. The third-order valence-electron chi connectivity index (χ3n) is 3.09. The highest BCUT2D eigenvalue weighted by atomic mass is 32.1. The fourth-order valence-corrected chi connectivity index (χ4v) is 2.18. The van der Waals surface area contributed by atoms with Crippen LogP contribution in [0.15, 0.2) is 65.6 Å². The molecule has 118 valence electrons. The van der Waals surface area contributed by atoms with E-state index < -0.39 is 0 Å². The molecule has 23 heavy (non-hydrogen) atoms. The van der Waals surface area contributed by atoms with Gasteiger partial charge in [0.1, 0.15) is 0 Å². The van der Waals surface area contributed by atoms with Crippen molar-refractivity contribution in [2.24, 2.45) is 0 Å². The highest BCUT2D eigenvalue weighted by Gasteiger charge is 2.07. The molecule has 2 N–H and O–H groups in total. The van der Waals surface area contributed by atoms with Gasteiger partial charge in [-0.2, -0.15) is 0 Å². The molecular weight excluding hydrogens is 308 g/mol. The largest absolute Gasteiger partial charge is 0.351 e. The van der Waals surface area contributed by atoms with Gasteiger partial charge in [0, 0.05) is 24.1 Å². The van der Waals surface area contributed by atoms with Crippen LogP contribution in [0.25, 0.3) is 6.08 Å². The van der Waals surface area contributed by atoms with Gasteiger partial charge in [0.2, 0.25) is 5.91 Å². The van der Waals surface area contributed by atoms with Gasteiger partial charge in [-0.25, -0.2) is 0 Å². The molecule has 0 fully saturated rings. The molecule has 0 aliphatic heterocycles. The Labute approximate surface area is 141 Å². The molecule has 0 aliphatic rings. The molecular formula is C18H18N2O2S. The van der Waals surface area contributed by atoms with E-state index in [1.165, 1.54) is 6.08 Å². The first kappa shape index (κ1) is 16.8. The van der Waals surface area contributed by atoms with Crippen LogP contribution < -0.4 is 10.6 Å². The van der Waals surface area contributed by atoms with Crippen molar-refractivity contribution in [3.05, 3.63) is 71.8 Å². The van der Waals surface area contributed by atoms with Crippen LogP contribution in [0.3, 0.4) is 0 Å². The van der Waals surface area contributed by atoms with Gasteiger partial charge in [0.15, 0.2) is 0 Å². The summed E-state index contributed by atoms with van der Waals surface area (Å²) < 4.78 is 0. The molecule has 0 saturated carbocycles. The number of thiol groups is 1. The zero-order chi connectivity index (χ0) is 16.5. The molecule has 2 rings (SSSR count). The van der Waals surface area contributed by atoms with Crippen LogP contribution in [0.2, 0.25) is 0 Å². The van der Waals surface area contributed by atoms with Gasteiger partial charge in [0.25, 0.3) is 5.91 Å². The minimum Gasteiger partial charge on any atom is -0.351 e. The minimum absolute atomic E-state index is 0.197. The van der Waals surface area contributed by atoms with Crippen molar-refractivity contribution >= 4 is 30.5 Å². The Morgan fingerprint density at radius 2 is 1.57 bits per heavy atom. The fraction of sp³-hybridized carbons (Fsp3) is 0.111. The first-order chi connectivity index (χ1) is 11.2. The number of hydrogen-bond donors (Lipinski definition) is 3. The summed E-state index contributed by atoms with van der Waals surface area (Å²) in [5, 5.41) is 5.46. The SMILES string of the molecule is O=C(/C=C/c1ccccc1)NCCNC(=O)c1ccccc1S. The number of benzene rings is 2. The summed E-state index contributed by atoms with van der Waals surface area (Å²) in [6.07, 6.45) is 3.21. The van der Waals surface area contributed by atoms with E-state index in [4.69, 9.17) is 0 Å². The molecule has 0 radical (unpaired) electrons. The van der Waals surface area contributed by atoms with Crippen LogP contribution in [0, 0.1) is 0 Å². The molecule has 0 aliphatic carbocycles. The lowest BCUT2D eigenvalue weighted by Gasteiger charge is -2.07. The van der Waals surface area contributed by atoms with Gasteiger partial charge in [-0.05, 0) is 23.8 Å². The van der Waals surface area contributed by atoms with E-state index in [0.29, 0.717) is 23.5 Å². The predicted octanol–water partition coefficient (Wildman–Crippen LogP) is 2.53. The van der Waals surface area contributed by atoms with Gasteiger partial charge in [0.05, 0.1) is 5.56 Å². The van der Waals surface area contributed by atoms with Crippen molar-refractivity contribution in [1.82, 2.24) is 10.6 Å². The third kappa shape index (κ3) is 5.64. The third-order valence-corrected chi connectivity index (χ3v) is 3.48. The predicted molar refractivity (Wildman–Crippen MR) is 94.5 cm³/mol. The van der Waals surface area contributed by atoms with Gasteiger partial charge in [-0.15, -0.1) is 12.6 Å². The van der Waals surface area contributed by atoms with Gasteiger partial charge >= 0.3 is 0 Å². The maximum absolute atomic E-state index is 11.9. The molecule has 2 aromatic rings. The second-order valence-corrected chi connectivity index (χ2v) is 5.29. The smallest absolute Gasteiger partial charge is 0.252 e. The second-order valence-electron chi connectivity index (χ2n) is 4.81. The lowest BCUT2D eigenvalue weighted by atomic mass is 10.2. The number of carbonyl (C=O) groups is 2. The maximum atomic E-state index is 11.9. The van der Waals surface area contributed by atoms with Crippen molar-refractivity contribution < 1.29 is 9.59 Å². The number of nitrogens with one attached hydrogen (secondary N) is 2. The monoisotopic (exact) mass is 326 g/mol. The summed E-state index contributed by atoms with van der Waals surface area (Å²) in [5.74, 6) is -0.401. The summed E-state index contributed by atoms with van der Waals surface area (Å²) in [4.78, 5) is 24.2. The Morgan fingerprint density at radius 3 is 2.30 bits per heavy atom. The fourth-order valence-electron chi connectivity index (χ4n) is 1.92. The van der Waals surface area contributed by atoms with Crippen LogP contribution in [0.4, 0.5) is 0 Å². The van der Waals surface area contributed by atoms with E-state index in [9.17, 15) is 9.59 Å². The maximum Gasteiger partial charge on any atom is 0.252 e. The van der Waals surface area contributed by atoms with Gasteiger partial charge in [-0.1, -0.05) is 42.5 Å². The zero-order valence-corrected chi connectivity index (χ0v) is 13.4. The Hall–Kier alpha value is -2.53. The lowest BCUT2D eigenvalue weighted by Crippen LogP contribution is -2.34. The van der Waals surface area contributed by atoms with E-state index in [1.54, 1.807) is 24.3 Å². The highest BCUT2D eigenvalue weighted by Crippen LogP contribution is 2.12. The molecule has 4 nitrogen and oxygen atoms in total. The average molecular weight is 326 g/mol. The van der Waals surface area contributed by atoms with Gasteiger partial charge < -0.3 is 10.6 Å². The number of carbonyl (C=O) groups excluding carboxylic acids is 2. The number of hydrogen-bond acceptors (Lipinski definition) is 3. The second kappa shape index (κ2) is 8.80. The average Bonchev–Trinajstić information content (AvgIpc) is 2.58. The molecule has 5 heteroatoms. The molecule has 0 atom stereocenters. The van der Waals surface area contributed by atoms with Crippen molar-refractivity contribution in [1.29, 1.82) is 0 Å². The first-order valence-corrected chi connectivity index (χ1v) is 7.68. The van der Waals surface area contributed by atoms with Crippen molar-refractivity contribution in [3.63, 3.8) is 0 Å². The Bertz CT molecular complexity index is 699. The quantitative estimate of drug-likeness (QED) is 0.434. The van der Waals surface area contributed by atoms with E-state index in [0.717, 1.165) is 5.56 Å². The topological polar surface area (TPSA) is 58.2 Å². The normalized spacial score (nSPS) is 10.5. The zero-order valence-electron chi connectivity index (χ0n) is 12.5. The first-order valence-electron chi connectivity index (χ1n) is 7.24. The van der Waals surface area contributed by atoms with E-state index >= 15 is 0 Å². The summed E-state index contributed by atoms with van der Waals surface area (Å²) in [6.45, 7) is 0.713. The van der Waals surface area contributed by atoms with Crippen molar-refractivity contribution in [3.8, 4) is 0 Å². The Morgan fingerprint density at radius 1 is 0.913 bits per heavy atom. The molecule has 0 bridgehead atoms. The van der Waals surface area contributed by atoms with E-state index in [2.05, 4.69) is 23.3 Å². The van der Waals surface area contributed by atoms with Crippen LogP contribution in [-0.2, 0) is 4.79 Å². The summed E-state index contributed by atoms with van der Waals surface area (Å²) >= 11 is 4.24. The number of amides is 2. The van der Waals surface area contributed by atoms with Crippen LogP contribution in [0.1, 0.15) is 15.9 Å². The van der Waals surface area contributed by atoms with E-state index in [1.807, 2.05) is 36.4 Å². The van der Waals surface area contributed by atoms with Crippen molar-refractivity contribution in [2.75, 3.05) is 13.1 Å². The molecule has 0 spiro atoms. The van der Waals surface area contributed by atoms with E-state index in [-0.39, 0.29) is 11.8 Å². The van der Waals surface area contributed by atoms with Crippen LogP contribution in [-0.4, -0.2) is 24.9 Å². The standard InChI is InChI=1S/C18H18N2O2S/c21-17(11-10-14-6-2-1-3-7-14)19-12-13-20-18(22)15-8-4-5-9-16(15)23/h1-11,23H,12-13H2,(H,19,21)(H,20,22)/b11-10+. The highest BCUT2D eigenvalue weighted by molar-refractivity contribution is 7.80. The molecule has 2 aromatic carbocycles. The minimum atomic E-state index is -0.204. The van der Waals surface area contributed by atoms with Crippen LogP contribution >= 0.6 is 12.6 Å². The summed E-state index contributed by atoms with van der Waals surface area (Å²) in [6, 6.07) is 16.6. The van der Waals surface area contributed by atoms with Gasteiger partial charge in [-0.3, -0.25) is 9.59 Å². The lowest BCUT2D eigenvalue weighted by molar-refractivity contribution is -0.116. The summed E-state index contributed by atoms with van der Waals surface area (Å²) in [7, 11) is 0. The number of rotatable bonds is 6. The van der Waals surface area contributed by atoms with Crippen molar-refractivity contribution in [2.45, 2.75) is 4.90 Å². The Kier molecular flexibility index (Phi) is 6.44. The molecule has 0 saturated heterocycles.